The van der Waals surface area contributed by atoms with Crippen molar-refractivity contribution in [3.05, 3.63) is 83.5 Å². The van der Waals surface area contributed by atoms with Crippen LogP contribution in [0.4, 0.5) is 17.2 Å². The van der Waals surface area contributed by atoms with Crippen molar-refractivity contribution in [2.75, 3.05) is 5.32 Å². The molecule has 4 aromatic rings. The van der Waals surface area contributed by atoms with E-state index < -0.39 is 4.92 Å². The van der Waals surface area contributed by atoms with Gasteiger partial charge in [0, 0.05) is 48.1 Å². The molecule has 1 aromatic carbocycles. The lowest BCUT2D eigenvalue weighted by molar-refractivity contribution is -0.384. The summed E-state index contributed by atoms with van der Waals surface area (Å²) in [7, 11) is 0. The summed E-state index contributed by atoms with van der Waals surface area (Å²) in [5.41, 5.74) is 1.53. The minimum Gasteiger partial charge on any atom is -0.334 e. The number of hydrogen-bond acceptors (Lipinski definition) is 6. The number of nitrogens with one attached hydrogen (secondary N) is 1. The maximum Gasteiger partial charge on any atom is 0.311 e. The van der Waals surface area contributed by atoms with E-state index in [1.807, 2.05) is 53.4 Å². The molecule has 9 nitrogen and oxygen atoms in total. The lowest BCUT2D eigenvalue weighted by Gasteiger charge is -2.12. The fraction of sp³-hybridized carbons (Fsp3) is 0.150. The normalized spacial score (nSPS) is 11.0. The number of pyridine rings is 1. The molecular weight excluding hydrogens is 370 g/mol. The Hall–Kier alpha value is -4.01. The van der Waals surface area contributed by atoms with Gasteiger partial charge in [-0.15, -0.1) is 0 Å². The van der Waals surface area contributed by atoms with Crippen molar-refractivity contribution < 1.29 is 4.92 Å². The Kier molecular flexibility index (Phi) is 4.78. The van der Waals surface area contributed by atoms with Crippen LogP contribution in [0.1, 0.15) is 25.6 Å². The largest absolute Gasteiger partial charge is 0.334 e. The molecule has 0 amide bonds. The first-order valence-electron chi connectivity index (χ1n) is 9.07. The summed E-state index contributed by atoms with van der Waals surface area (Å²) < 4.78 is 3.71. The highest BCUT2D eigenvalue weighted by Gasteiger charge is 2.18. The van der Waals surface area contributed by atoms with Crippen LogP contribution in [-0.2, 0) is 0 Å². The number of rotatable bonds is 6. The van der Waals surface area contributed by atoms with Gasteiger partial charge in [-0.2, -0.15) is 0 Å². The topological polar surface area (TPSA) is 104 Å². The molecular formula is C20H19N7O2. The van der Waals surface area contributed by atoms with Crippen molar-refractivity contribution in [1.82, 2.24) is 24.1 Å². The van der Waals surface area contributed by atoms with Crippen molar-refractivity contribution in [2.24, 2.45) is 0 Å². The first kappa shape index (κ1) is 18.4. The van der Waals surface area contributed by atoms with Crippen LogP contribution in [0.25, 0.3) is 11.5 Å². The third-order valence-electron chi connectivity index (χ3n) is 4.42. The Balaban J connectivity index is 1.68. The maximum absolute atomic E-state index is 11.5. The molecule has 9 heteroatoms. The molecule has 3 heterocycles. The van der Waals surface area contributed by atoms with Gasteiger partial charge >= 0.3 is 5.69 Å². The van der Waals surface area contributed by atoms with E-state index in [9.17, 15) is 10.1 Å². The zero-order valence-electron chi connectivity index (χ0n) is 15.9. The van der Waals surface area contributed by atoms with E-state index in [1.165, 1.54) is 6.07 Å². The predicted molar refractivity (Wildman–Crippen MR) is 109 cm³/mol. The van der Waals surface area contributed by atoms with Gasteiger partial charge in [0.05, 0.1) is 11.3 Å². The quantitative estimate of drug-likeness (QED) is 0.391. The summed E-state index contributed by atoms with van der Waals surface area (Å²) in [5, 5.41) is 14.6. The molecule has 1 N–H and O–H groups in total. The first-order valence-corrected chi connectivity index (χ1v) is 9.07. The number of anilines is 2. The molecule has 0 fully saturated rings. The lowest BCUT2D eigenvalue weighted by Crippen LogP contribution is -2.07. The Morgan fingerprint density at radius 1 is 1.07 bits per heavy atom. The van der Waals surface area contributed by atoms with Gasteiger partial charge in [0.2, 0.25) is 5.82 Å². The van der Waals surface area contributed by atoms with E-state index in [1.54, 1.807) is 31.0 Å². The summed E-state index contributed by atoms with van der Waals surface area (Å²) >= 11 is 0. The molecule has 0 saturated heterocycles. The number of hydrogen-bond donors (Lipinski definition) is 1. The van der Waals surface area contributed by atoms with Crippen LogP contribution < -0.4 is 5.32 Å². The third-order valence-corrected chi connectivity index (χ3v) is 4.42. The van der Waals surface area contributed by atoms with Crippen LogP contribution in [0.3, 0.4) is 0 Å². The highest BCUT2D eigenvalue weighted by Crippen LogP contribution is 2.28. The third kappa shape index (κ3) is 3.70. The molecule has 4 rings (SSSR count). The van der Waals surface area contributed by atoms with E-state index in [-0.39, 0.29) is 17.4 Å². The standard InChI is InChI=1S/C20H19N7O2/c1-14(2)20-22-10-12-26(20)18-8-7-17(27(28)29)19(24-18)23-15-3-5-16(6-4-15)25-11-9-21-13-25/h3-14H,1-2H3,(H,23,24). The second-order valence-corrected chi connectivity index (χ2v) is 6.75. The van der Waals surface area contributed by atoms with Crippen molar-refractivity contribution in [3.8, 4) is 11.5 Å². The van der Waals surface area contributed by atoms with Gasteiger partial charge < -0.3 is 9.88 Å². The Labute approximate surface area is 166 Å². The summed E-state index contributed by atoms with van der Waals surface area (Å²) in [5.74, 6) is 1.76. The average molecular weight is 389 g/mol. The van der Waals surface area contributed by atoms with Gasteiger partial charge in [-0.3, -0.25) is 14.7 Å². The average Bonchev–Trinajstić information content (AvgIpc) is 3.40. The summed E-state index contributed by atoms with van der Waals surface area (Å²) in [6.45, 7) is 4.07. The van der Waals surface area contributed by atoms with Crippen molar-refractivity contribution in [3.63, 3.8) is 0 Å². The summed E-state index contributed by atoms with van der Waals surface area (Å²) in [4.78, 5) is 23.9. The molecule has 29 heavy (non-hydrogen) atoms. The van der Waals surface area contributed by atoms with E-state index in [0.717, 1.165) is 11.5 Å². The van der Waals surface area contributed by atoms with Gasteiger partial charge in [-0.1, -0.05) is 13.8 Å². The molecule has 146 valence electrons. The van der Waals surface area contributed by atoms with Gasteiger partial charge in [0.1, 0.15) is 11.6 Å². The monoisotopic (exact) mass is 389 g/mol. The first-order chi connectivity index (χ1) is 14.0. The van der Waals surface area contributed by atoms with Gasteiger partial charge in [-0.05, 0) is 30.3 Å². The molecule has 0 spiro atoms. The Morgan fingerprint density at radius 3 is 2.52 bits per heavy atom. The Bertz CT molecular complexity index is 1130. The van der Waals surface area contributed by atoms with Crippen LogP contribution in [0.2, 0.25) is 0 Å². The lowest BCUT2D eigenvalue weighted by atomic mass is 10.2. The number of benzene rings is 1. The van der Waals surface area contributed by atoms with E-state index in [0.29, 0.717) is 11.5 Å². The van der Waals surface area contributed by atoms with Gasteiger partial charge in [0.15, 0.2) is 0 Å². The highest BCUT2D eigenvalue weighted by molar-refractivity contribution is 5.67. The molecule has 0 bridgehead atoms. The van der Waals surface area contributed by atoms with Crippen LogP contribution in [0.15, 0.2) is 67.5 Å². The molecule has 0 radical (unpaired) electrons. The van der Waals surface area contributed by atoms with Gasteiger partial charge in [-0.25, -0.2) is 15.0 Å². The van der Waals surface area contributed by atoms with Crippen molar-refractivity contribution in [2.45, 2.75) is 19.8 Å². The maximum atomic E-state index is 11.5. The van der Waals surface area contributed by atoms with Crippen molar-refractivity contribution in [1.29, 1.82) is 0 Å². The van der Waals surface area contributed by atoms with Crippen LogP contribution in [0.5, 0.6) is 0 Å². The fourth-order valence-electron chi connectivity index (χ4n) is 3.02. The second-order valence-electron chi connectivity index (χ2n) is 6.75. The molecule has 0 atom stereocenters. The number of imidazole rings is 2. The molecule has 0 aliphatic carbocycles. The molecule has 0 unspecified atom stereocenters. The molecule has 0 aliphatic rings. The van der Waals surface area contributed by atoms with E-state index in [4.69, 9.17) is 0 Å². The summed E-state index contributed by atoms with van der Waals surface area (Å²) in [6, 6.07) is 10.5. The van der Waals surface area contributed by atoms with Gasteiger partial charge in [0.25, 0.3) is 0 Å². The second kappa shape index (κ2) is 7.55. The van der Waals surface area contributed by atoms with Crippen LogP contribution >= 0.6 is 0 Å². The zero-order valence-corrected chi connectivity index (χ0v) is 15.9. The van der Waals surface area contributed by atoms with Crippen LogP contribution in [-0.4, -0.2) is 29.0 Å². The van der Waals surface area contributed by atoms with Crippen molar-refractivity contribution >= 4 is 17.2 Å². The molecule has 0 saturated carbocycles. The highest BCUT2D eigenvalue weighted by atomic mass is 16.6. The minimum atomic E-state index is -0.448. The predicted octanol–water partition coefficient (Wildman–Crippen LogP) is 4.23. The smallest absolute Gasteiger partial charge is 0.311 e. The van der Waals surface area contributed by atoms with E-state index in [2.05, 4.69) is 20.3 Å². The minimum absolute atomic E-state index is 0.0985. The van der Waals surface area contributed by atoms with Crippen LogP contribution in [0, 0.1) is 10.1 Å². The molecule has 3 aromatic heterocycles. The number of aromatic nitrogens is 5. The summed E-state index contributed by atoms with van der Waals surface area (Å²) in [6.07, 6.45) is 8.74. The Morgan fingerprint density at radius 2 is 1.86 bits per heavy atom. The fourth-order valence-corrected chi connectivity index (χ4v) is 3.02. The zero-order chi connectivity index (χ0) is 20.4. The molecule has 0 aliphatic heterocycles. The number of nitro groups is 1. The number of nitrogens with zero attached hydrogens (tertiary/aromatic N) is 6. The van der Waals surface area contributed by atoms with E-state index >= 15 is 0 Å². The SMILES string of the molecule is CC(C)c1nccn1-c1ccc([N+](=O)[O-])c(Nc2ccc(-n3ccnc3)cc2)n1.